The summed E-state index contributed by atoms with van der Waals surface area (Å²) in [5.74, 6) is 1.66. The summed E-state index contributed by atoms with van der Waals surface area (Å²) in [5.41, 5.74) is 2.75. The van der Waals surface area contributed by atoms with Crippen molar-refractivity contribution in [1.82, 2.24) is 25.8 Å². The van der Waals surface area contributed by atoms with E-state index < -0.39 is 0 Å². The Bertz CT molecular complexity index is 1120. The van der Waals surface area contributed by atoms with Crippen molar-refractivity contribution in [3.63, 3.8) is 0 Å². The van der Waals surface area contributed by atoms with Gasteiger partial charge in [-0.3, -0.25) is 20.2 Å². The zero-order valence-corrected chi connectivity index (χ0v) is 16.9. The van der Waals surface area contributed by atoms with Crippen LogP contribution < -0.4 is 16.0 Å². The molecular weight excluding hydrogens is 386 g/mol. The fourth-order valence-corrected chi connectivity index (χ4v) is 5.05. The number of amidine groups is 1. The second-order valence-corrected chi connectivity index (χ2v) is 8.64. The normalized spacial score (nSPS) is 20.3. The summed E-state index contributed by atoms with van der Waals surface area (Å²) < 4.78 is 0. The van der Waals surface area contributed by atoms with Crippen LogP contribution in [0.4, 0.5) is 5.82 Å². The molecule has 2 aromatic heterocycles. The van der Waals surface area contributed by atoms with Gasteiger partial charge in [0.25, 0.3) is 5.91 Å². The Labute approximate surface area is 172 Å². The molecule has 1 aromatic carbocycles. The number of carbonyl (C=O) groups excluding carboxylic acids is 1. The Balaban J connectivity index is 1.42. The van der Waals surface area contributed by atoms with Gasteiger partial charge in [-0.1, -0.05) is 6.07 Å². The molecule has 148 valence electrons. The average molecular weight is 408 g/mol. The second-order valence-electron chi connectivity index (χ2n) is 7.45. The molecule has 0 saturated carbocycles. The smallest absolute Gasteiger partial charge is 0.251 e. The van der Waals surface area contributed by atoms with Gasteiger partial charge >= 0.3 is 0 Å². The molecule has 0 spiro atoms. The molecule has 0 saturated heterocycles. The number of aliphatic imine (C=N–C) groups is 1. The number of aromatic nitrogens is 3. The highest BCUT2D eigenvalue weighted by Crippen LogP contribution is 2.46. The highest BCUT2D eigenvalue weighted by molar-refractivity contribution is 8.00. The molecule has 3 aromatic rings. The average Bonchev–Trinajstić information content (AvgIpc) is 3.31. The first-order valence-electron chi connectivity index (χ1n) is 9.54. The SMILES string of the molecule is CC(C)NC(=O)c1ccc2c(c1)SC1NCN=C(Nc3cc4cn[nH]c4cn3)C21. The molecule has 2 aliphatic rings. The summed E-state index contributed by atoms with van der Waals surface area (Å²) in [6.07, 6.45) is 3.54. The summed E-state index contributed by atoms with van der Waals surface area (Å²) in [4.78, 5) is 22.6. The summed E-state index contributed by atoms with van der Waals surface area (Å²) in [5, 5.41) is 17.9. The maximum atomic E-state index is 12.4. The van der Waals surface area contributed by atoms with Crippen molar-refractivity contribution in [1.29, 1.82) is 0 Å². The number of hydrogen-bond donors (Lipinski definition) is 4. The first kappa shape index (κ1) is 18.1. The van der Waals surface area contributed by atoms with Crippen molar-refractivity contribution in [3.05, 3.63) is 47.8 Å². The van der Waals surface area contributed by atoms with Crippen LogP contribution in [0.25, 0.3) is 10.9 Å². The van der Waals surface area contributed by atoms with Crippen molar-refractivity contribution in [2.45, 2.75) is 36.1 Å². The first-order chi connectivity index (χ1) is 14.1. The highest BCUT2D eigenvalue weighted by Gasteiger charge is 2.39. The van der Waals surface area contributed by atoms with E-state index in [1.165, 1.54) is 5.56 Å². The van der Waals surface area contributed by atoms with Gasteiger partial charge in [0, 0.05) is 21.9 Å². The minimum absolute atomic E-state index is 0.0455. The van der Waals surface area contributed by atoms with E-state index in [-0.39, 0.29) is 23.2 Å². The molecular formula is C20H21N7OS. The molecule has 2 unspecified atom stereocenters. The van der Waals surface area contributed by atoms with Crippen LogP contribution in [0.5, 0.6) is 0 Å². The van der Waals surface area contributed by atoms with Crippen LogP contribution in [-0.2, 0) is 0 Å². The molecule has 29 heavy (non-hydrogen) atoms. The lowest BCUT2D eigenvalue weighted by Crippen LogP contribution is -2.41. The summed E-state index contributed by atoms with van der Waals surface area (Å²) in [7, 11) is 0. The number of nitrogens with one attached hydrogen (secondary N) is 4. The van der Waals surface area contributed by atoms with E-state index in [0.29, 0.717) is 12.2 Å². The van der Waals surface area contributed by atoms with E-state index in [2.05, 4.69) is 36.1 Å². The quantitative estimate of drug-likeness (QED) is 0.532. The van der Waals surface area contributed by atoms with Gasteiger partial charge in [-0.15, -0.1) is 11.8 Å². The molecule has 5 rings (SSSR count). The number of H-pyrrole nitrogens is 1. The Morgan fingerprint density at radius 3 is 3.03 bits per heavy atom. The number of rotatable bonds is 3. The van der Waals surface area contributed by atoms with Crippen molar-refractivity contribution in [2.75, 3.05) is 12.0 Å². The van der Waals surface area contributed by atoms with Crippen LogP contribution in [0.1, 0.15) is 35.7 Å². The fraction of sp³-hybridized carbons (Fsp3) is 0.300. The van der Waals surface area contributed by atoms with Gasteiger partial charge in [0.15, 0.2) is 0 Å². The highest BCUT2D eigenvalue weighted by atomic mass is 32.2. The molecule has 4 heterocycles. The number of thioether (sulfide) groups is 1. The number of benzene rings is 1. The summed E-state index contributed by atoms with van der Waals surface area (Å²) in [6.45, 7) is 4.46. The fourth-order valence-electron chi connectivity index (χ4n) is 3.68. The monoisotopic (exact) mass is 407 g/mol. The van der Waals surface area contributed by atoms with Gasteiger partial charge in [-0.2, -0.15) is 5.10 Å². The predicted octanol–water partition coefficient (Wildman–Crippen LogP) is 2.68. The standard InChI is InChI=1S/C20H21N7OS/c1-10(2)25-19(28)11-3-4-13-15(5-11)29-20-17(13)18(22-9-23-20)26-16-6-12-7-24-27-14(12)8-21-16/h3-8,10,17,20,23H,9H2,1-2H3,(H,24,27)(H,25,28)(H,21,22,26). The van der Waals surface area contributed by atoms with Crippen LogP contribution in [-0.4, -0.2) is 45.0 Å². The number of fused-ring (bicyclic) bond motifs is 4. The molecule has 1 amide bonds. The molecule has 2 atom stereocenters. The van der Waals surface area contributed by atoms with E-state index in [0.717, 1.165) is 27.5 Å². The van der Waals surface area contributed by atoms with E-state index in [4.69, 9.17) is 0 Å². The number of amides is 1. The van der Waals surface area contributed by atoms with Crippen molar-refractivity contribution >= 4 is 40.2 Å². The number of nitrogens with zero attached hydrogens (tertiary/aromatic N) is 3. The molecule has 4 N–H and O–H groups in total. The molecule has 0 fully saturated rings. The van der Waals surface area contributed by atoms with Gasteiger partial charge in [-0.05, 0) is 37.6 Å². The molecule has 0 bridgehead atoms. The second kappa shape index (κ2) is 7.16. The Morgan fingerprint density at radius 2 is 2.17 bits per heavy atom. The van der Waals surface area contributed by atoms with Crippen LogP contribution in [0.3, 0.4) is 0 Å². The number of hydrogen-bond acceptors (Lipinski definition) is 7. The van der Waals surface area contributed by atoms with Crippen LogP contribution in [0.15, 0.2) is 46.5 Å². The lowest BCUT2D eigenvalue weighted by atomic mass is 9.95. The Hall–Kier alpha value is -2.91. The lowest BCUT2D eigenvalue weighted by Gasteiger charge is -2.27. The van der Waals surface area contributed by atoms with Crippen molar-refractivity contribution < 1.29 is 4.79 Å². The molecule has 2 aliphatic heterocycles. The first-order valence-corrected chi connectivity index (χ1v) is 10.4. The van der Waals surface area contributed by atoms with E-state index in [1.54, 1.807) is 24.2 Å². The predicted molar refractivity (Wildman–Crippen MR) is 114 cm³/mol. The van der Waals surface area contributed by atoms with Crippen LogP contribution in [0, 0.1) is 0 Å². The largest absolute Gasteiger partial charge is 0.350 e. The Kier molecular flexibility index (Phi) is 4.48. The zero-order chi connectivity index (χ0) is 20.0. The zero-order valence-electron chi connectivity index (χ0n) is 16.1. The third kappa shape index (κ3) is 3.36. The third-order valence-electron chi connectivity index (χ3n) is 5.00. The van der Waals surface area contributed by atoms with Gasteiger partial charge in [0.2, 0.25) is 0 Å². The molecule has 9 heteroatoms. The van der Waals surface area contributed by atoms with Crippen molar-refractivity contribution in [3.8, 4) is 0 Å². The van der Waals surface area contributed by atoms with Gasteiger partial charge < -0.3 is 10.6 Å². The minimum atomic E-state index is -0.0455. The number of aromatic amines is 1. The maximum Gasteiger partial charge on any atom is 0.251 e. The van der Waals surface area contributed by atoms with Crippen LogP contribution >= 0.6 is 11.8 Å². The lowest BCUT2D eigenvalue weighted by molar-refractivity contribution is 0.0943. The molecule has 0 radical (unpaired) electrons. The number of pyridine rings is 1. The van der Waals surface area contributed by atoms with E-state index in [9.17, 15) is 4.79 Å². The number of anilines is 1. The van der Waals surface area contributed by atoms with Gasteiger partial charge in [-0.25, -0.2) is 4.98 Å². The number of carbonyl (C=O) groups is 1. The minimum Gasteiger partial charge on any atom is -0.350 e. The van der Waals surface area contributed by atoms with Crippen LogP contribution in [0.2, 0.25) is 0 Å². The third-order valence-corrected chi connectivity index (χ3v) is 6.30. The van der Waals surface area contributed by atoms with E-state index >= 15 is 0 Å². The van der Waals surface area contributed by atoms with E-state index in [1.807, 2.05) is 38.1 Å². The van der Waals surface area contributed by atoms with Gasteiger partial charge in [0.05, 0.1) is 35.9 Å². The van der Waals surface area contributed by atoms with Crippen molar-refractivity contribution in [2.24, 2.45) is 4.99 Å². The summed E-state index contributed by atoms with van der Waals surface area (Å²) in [6, 6.07) is 7.97. The topological polar surface area (TPSA) is 107 Å². The maximum absolute atomic E-state index is 12.4. The molecule has 0 aliphatic carbocycles. The van der Waals surface area contributed by atoms with Gasteiger partial charge in [0.1, 0.15) is 11.7 Å². The molecule has 8 nitrogen and oxygen atoms in total. The summed E-state index contributed by atoms with van der Waals surface area (Å²) >= 11 is 1.74. The Morgan fingerprint density at radius 1 is 1.28 bits per heavy atom.